The molecule has 2 aromatic rings. The van der Waals surface area contributed by atoms with Gasteiger partial charge in [-0.15, -0.1) is 0 Å². The van der Waals surface area contributed by atoms with Crippen LogP contribution >= 0.6 is 0 Å². The number of amides is 4. The molecule has 0 spiro atoms. The van der Waals surface area contributed by atoms with E-state index in [2.05, 4.69) is 21.3 Å². The molecule has 11 N–H and O–H groups in total. The van der Waals surface area contributed by atoms with Gasteiger partial charge in [0.25, 0.3) is 0 Å². The third-order valence-electron chi connectivity index (χ3n) is 7.87. The second kappa shape index (κ2) is 17.3. The molecule has 0 radical (unpaired) electrons. The Kier molecular flexibility index (Phi) is 12.9. The van der Waals surface area contributed by atoms with Gasteiger partial charge in [0.2, 0.25) is 35.7 Å². The first-order chi connectivity index (χ1) is 24.2. The molecule has 4 rings (SSSR count). The molecule has 5 atom stereocenters. The number of nitrogens with two attached hydrogens (primary N) is 1. The highest BCUT2D eigenvalue weighted by molar-refractivity contribution is 5.91. The van der Waals surface area contributed by atoms with Crippen molar-refractivity contribution in [2.45, 2.75) is 44.1 Å². The molecule has 18 heteroatoms. The number of carbonyl (C=O) groups excluding carboxylic acids is 4. The Labute approximate surface area is 290 Å². The van der Waals surface area contributed by atoms with E-state index in [0.717, 1.165) is 22.8 Å². The van der Waals surface area contributed by atoms with Gasteiger partial charge in [0.15, 0.2) is 0 Å². The molecular formula is C33H39N5O13. The van der Waals surface area contributed by atoms with Gasteiger partial charge < -0.3 is 66.7 Å². The fourth-order valence-electron chi connectivity index (χ4n) is 4.99. The van der Waals surface area contributed by atoms with Crippen molar-refractivity contribution in [3.8, 4) is 11.5 Å². The number of aliphatic carboxylic acids is 1. The van der Waals surface area contributed by atoms with E-state index in [-0.39, 0.29) is 18.8 Å². The highest BCUT2D eigenvalue weighted by atomic mass is 16.7. The normalized spacial score (nSPS) is 21.4. The Morgan fingerprint density at radius 2 is 1.47 bits per heavy atom. The molecule has 1 fully saturated rings. The number of carboxylic acid groups (broad SMARTS) is 1. The number of aliphatic hydroxyl groups excluding tert-OH is 3. The molecule has 0 aromatic heterocycles. The maximum atomic E-state index is 12.4. The summed E-state index contributed by atoms with van der Waals surface area (Å²) in [6.07, 6.45) is -7.49. The third kappa shape index (κ3) is 10.6. The smallest absolute Gasteiger partial charge is 0.371 e. The number of hydrogen-bond donors (Lipinski definition) is 10. The summed E-state index contributed by atoms with van der Waals surface area (Å²) < 4.78 is 16.4. The Bertz CT molecular complexity index is 1690. The molecule has 0 bridgehead atoms. The Balaban J connectivity index is 1.16. The number of ether oxygens (including phenoxy) is 3. The number of nitrogens with one attached hydrogen (secondary N) is 4. The van der Waals surface area contributed by atoms with Crippen molar-refractivity contribution in [2.24, 2.45) is 0 Å². The first-order valence-electron chi connectivity index (χ1n) is 15.6. The number of aliphatic hydroxyl groups is 3. The number of carbonyl (C=O) groups is 5. The number of phenols is 1. The van der Waals surface area contributed by atoms with E-state index in [0.29, 0.717) is 17.0 Å². The van der Waals surface area contributed by atoms with Crippen molar-refractivity contribution in [3.63, 3.8) is 0 Å². The number of allylic oxidation sites excluding steroid dienone is 1. The number of nitrogen functional groups attached to an aromatic ring is 1. The van der Waals surface area contributed by atoms with E-state index < -0.39 is 92.2 Å². The fourth-order valence-corrected chi connectivity index (χ4v) is 4.99. The molecule has 2 heterocycles. The average Bonchev–Trinajstić information content (AvgIpc) is 3.10. The molecule has 274 valence electrons. The predicted molar refractivity (Wildman–Crippen MR) is 177 cm³/mol. The molecule has 51 heavy (non-hydrogen) atoms. The molecule has 4 amide bonds. The molecule has 2 aromatic carbocycles. The van der Waals surface area contributed by atoms with E-state index in [1.807, 2.05) is 6.92 Å². The summed E-state index contributed by atoms with van der Waals surface area (Å²) in [6.45, 7) is 0.157. The van der Waals surface area contributed by atoms with Gasteiger partial charge in [0.1, 0.15) is 42.5 Å². The first kappa shape index (κ1) is 38.1. The lowest BCUT2D eigenvalue weighted by atomic mass is 9.96. The quantitative estimate of drug-likeness (QED) is 0.0573. The molecule has 1 saturated heterocycles. The van der Waals surface area contributed by atoms with Gasteiger partial charge in [-0.3, -0.25) is 19.2 Å². The number of benzene rings is 2. The minimum absolute atomic E-state index is 0.00386. The molecule has 0 aliphatic carbocycles. The zero-order chi connectivity index (χ0) is 37.2. The molecule has 2 aliphatic rings. The van der Waals surface area contributed by atoms with Crippen molar-refractivity contribution >= 4 is 46.9 Å². The van der Waals surface area contributed by atoms with Crippen molar-refractivity contribution in [2.75, 3.05) is 38.5 Å². The van der Waals surface area contributed by atoms with Gasteiger partial charge >= 0.3 is 5.97 Å². The molecular weight excluding hydrogens is 674 g/mol. The minimum atomic E-state index is -1.87. The highest BCUT2D eigenvalue weighted by Crippen LogP contribution is 2.35. The van der Waals surface area contributed by atoms with Crippen LogP contribution in [0.15, 0.2) is 53.8 Å². The lowest BCUT2D eigenvalue weighted by Crippen LogP contribution is -2.60. The second-order valence-corrected chi connectivity index (χ2v) is 11.6. The van der Waals surface area contributed by atoms with Crippen LogP contribution < -0.4 is 31.7 Å². The summed E-state index contributed by atoms with van der Waals surface area (Å²) in [5.74, 6) is -4.23. The molecule has 0 unspecified atom stereocenters. The number of rotatable bonds is 14. The van der Waals surface area contributed by atoms with E-state index >= 15 is 0 Å². The second-order valence-electron chi connectivity index (χ2n) is 11.6. The standard InChI is InChI=1S/C33H39N5O13/c1-16-18(15-49-22-10-19(34)4-7-21(16)22)9-25(40)36-12-27(42)38-14-28(43)37-13-26(41)35-11-24-29(44)30(45)31(46)33(51-24)50-23(32(47)48)8-17-2-5-20(39)6-3-17/h2-8,10,24,29-31,33,39,44-46H,9,11-15,34H2,1H3,(H,35,41)(H,36,40)(H,37,43)(H,38,42)(H,47,48)/b23-8-/t24-,29+,30+,31-,33-/m1/s1. The van der Waals surface area contributed by atoms with Crippen molar-refractivity contribution < 1.29 is 63.7 Å². The number of phenolic OH excluding ortho intramolecular Hbond substituents is 1. The van der Waals surface area contributed by atoms with E-state index in [4.69, 9.17) is 19.9 Å². The number of anilines is 1. The van der Waals surface area contributed by atoms with Gasteiger partial charge in [-0.2, -0.15) is 0 Å². The van der Waals surface area contributed by atoms with Crippen LogP contribution in [0.5, 0.6) is 11.5 Å². The Morgan fingerprint density at radius 1 is 0.863 bits per heavy atom. The number of fused-ring (bicyclic) bond motifs is 1. The summed E-state index contributed by atoms with van der Waals surface area (Å²) in [7, 11) is 0. The van der Waals surface area contributed by atoms with E-state index in [9.17, 15) is 49.5 Å². The monoisotopic (exact) mass is 713 g/mol. The summed E-state index contributed by atoms with van der Waals surface area (Å²) in [5, 5.41) is 59.4. The summed E-state index contributed by atoms with van der Waals surface area (Å²) in [6, 6.07) is 10.6. The van der Waals surface area contributed by atoms with Crippen LogP contribution in [0.1, 0.15) is 24.5 Å². The highest BCUT2D eigenvalue weighted by Gasteiger charge is 2.45. The average molecular weight is 714 g/mol. The van der Waals surface area contributed by atoms with Gasteiger partial charge in [-0.1, -0.05) is 12.1 Å². The van der Waals surface area contributed by atoms with Gasteiger partial charge in [-0.25, -0.2) is 4.79 Å². The first-order valence-corrected chi connectivity index (χ1v) is 15.6. The number of carboxylic acids is 1. The van der Waals surface area contributed by atoms with Crippen LogP contribution in [0, 0.1) is 0 Å². The zero-order valence-corrected chi connectivity index (χ0v) is 27.3. The Morgan fingerprint density at radius 3 is 2.10 bits per heavy atom. The van der Waals surface area contributed by atoms with E-state index in [1.165, 1.54) is 24.3 Å². The maximum absolute atomic E-state index is 12.4. The summed E-state index contributed by atoms with van der Waals surface area (Å²) >= 11 is 0. The largest absolute Gasteiger partial charge is 0.508 e. The molecule has 0 saturated carbocycles. The molecule has 18 nitrogen and oxygen atoms in total. The minimum Gasteiger partial charge on any atom is -0.508 e. The van der Waals surface area contributed by atoms with Gasteiger partial charge in [0, 0.05) is 23.9 Å². The molecule has 2 aliphatic heterocycles. The van der Waals surface area contributed by atoms with Crippen LogP contribution in [0.3, 0.4) is 0 Å². The van der Waals surface area contributed by atoms with Crippen molar-refractivity contribution in [1.82, 2.24) is 21.3 Å². The SMILES string of the molecule is CC1=C(CC(=O)NCC(=O)NCC(=O)NCC(=O)NC[C@H]2O[C@@H](O/C(=C\c3ccc(O)cc3)C(=O)O)[C@H](O)[C@@H](O)[C@H]2O)COc2cc(N)ccc21. The van der Waals surface area contributed by atoms with Crippen LogP contribution in [0.4, 0.5) is 5.69 Å². The van der Waals surface area contributed by atoms with Crippen molar-refractivity contribution in [3.05, 3.63) is 64.9 Å². The number of aromatic hydroxyl groups is 1. The lowest BCUT2D eigenvalue weighted by Gasteiger charge is -2.40. The van der Waals surface area contributed by atoms with Crippen molar-refractivity contribution in [1.29, 1.82) is 0 Å². The van der Waals surface area contributed by atoms with Crippen LogP contribution in [0.25, 0.3) is 11.6 Å². The summed E-state index contributed by atoms with van der Waals surface area (Å²) in [4.78, 5) is 60.9. The third-order valence-corrected chi connectivity index (χ3v) is 7.87. The number of hydrogen-bond acceptors (Lipinski definition) is 13. The Hall–Kier alpha value is -5.69. The lowest BCUT2D eigenvalue weighted by molar-refractivity contribution is -0.285. The fraction of sp³-hybridized carbons (Fsp3) is 0.364. The van der Waals surface area contributed by atoms with Gasteiger partial charge in [0.05, 0.1) is 26.1 Å². The van der Waals surface area contributed by atoms with Gasteiger partial charge in [-0.05, 0) is 54.0 Å². The van der Waals surface area contributed by atoms with Crippen LogP contribution in [-0.2, 0) is 33.4 Å². The van der Waals surface area contributed by atoms with Crippen LogP contribution in [0.2, 0.25) is 0 Å². The predicted octanol–water partition coefficient (Wildman–Crippen LogP) is -2.05. The maximum Gasteiger partial charge on any atom is 0.371 e. The zero-order valence-electron chi connectivity index (χ0n) is 27.3. The van der Waals surface area contributed by atoms with E-state index in [1.54, 1.807) is 18.2 Å². The summed E-state index contributed by atoms with van der Waals surface area (Å²) in [5.41, 5.74) is 9.09. The van der Waals surface area contributed by atoms with Crippen LogP contribution in [-0.4, -0.2) is 119 Å². The topological polar surface area (TPSA) is 288 Å².